The van der Waals surface area contributed by atoms with Crippen molar-refractivity contribution in [2.45, 2.75) is 6.61 Å². The number of aromatic nitrogens is 1. The number of hydrogen-bond acceptors (Lipinski definition) is 5. The Labute approximate surface area is 152 Å². The van der Waals surface area contributed by atoms with E-state index in [0.29, 0.717) is 18.9 Å². The lowest BCUT2D eigenvalue weighted by Gasteiger charge is -2.42. The van der Waals surface area contributed by atoms with E-state index in [1.807, 2.05) is 30.3 Å². The van der Waals surface area contributed by atoms with Crippen LogP contribution in [0.3, 0.4) is 0 Å². The van der Waals surface area contributed by atoms with Gasteiger partial charge in [-0.1, -0.05) is 30.3 Å². The third-order valence-corrected chi connectivity index (χ3v) is 4.88. The number of carbonyl (C=O) groups is 1. The Morgan fingerprint density at radius 2 is 1.77 bits per heavy atom. The van der Waals surface area contributed by atoms with Crippen LogP contribution >= 0.6 is 0 Å². The van der Waals surface area contributed by atoms with Crippen molar-refractivity contribution >= 4 is 5.91 Å². The van der Waals surface area contributed by atoms with E-state index < -0.39 is 0 Å². The molecule has 0 atom stereocenters. The topological polar surface area (TPSA) is 58.0 Å². The second-order valence-corrected chi connectivity index (χ2v) is 6.72. The van der Waals surface area contributed by atoms with Crippen LogP contribution < -0.4 is 15.2 Å². The van der Waals surface area contributed by atoms with Crippen LogP contribution in [0.25, 0.3) is 0 Å². The summed E-state index contributed by atoms with van der Waals surface area (Å²) in [5, 5.41) is 2.07. The first kappa shape index (κ1) is 16.7. The van der Waals surface area contributed by atoms with Crippen molar-refractivity contribution in [3.05, 3.63) is 64.1 Å². The van der Waals surface area contributed by atoms with Crippen molar-refractivity contribution in [1.29, 1.82) is 0 Å². The maximum absolute atomic E-state index is 13.0. The summed E-state index contributed by atoms with van der Waals surface area (Å²) in [5.41, 5.74) is 1.01. The van der Waals surface area contributed by atoms with Gasteiger partial charge in [0.15, 0.2) is 11.4 Å². The molecule has 1 saturated heterocycles. The smallest absolute Gasteiger partial charge is 0.277 e. The predicted octanol–water partition coefficient (Wildman–Crippen LogP) is 0.724. The van der Waals surface area contributed by atoms with Crippen LogP contribution in [-0.4, -0.2) is 60.3 Å². The van der Waals surface area contributed by atoms with E-state index in [-0.39, 0.29) is 23.7 Å². The molecular weight excluding hydrogens is 332 g/mol. The van der Waals surface area contributed by atoms with Crippen molar-refractivity contribution in [2.75, 3.05) is 44.9 Å². The fraction of sp³-hybridized carbons (Fsp3) is 0.368. The number of likely N-dealkylation sites (N-methyl/N-ethyl adjacent to an activating group) is 1. The van der Waals surface area contributed by atoms with Gasteiger partial charge in [-0.15, -0.1) is 0 Å². The normalized spacial score (nSPS) is 17.5. The summed E-state index contributed by atoms with van der Waals surface area (Å²) in [6.07, 6.45) is 1.67. The van der Waals surface area contributed by atoms with Crippen LogP contribution in [-0.2, 0) is 6.61 Å². The molecule has 0 saturated carbocycles. The zero-order chi connectivity index (χ0) is 18.1. The highest BCUT2D eigenvalue weighted by Crippen LogP contribution is 2.22. The molecule has 0 aliphatic carbocycles. The molecule has 1 fully saturated rings. The van der Waals surface area contributed by atoms with Crippen molar-refractivity contribution in [3.63, 3.8) is 0 Å². The van der Waals surface area contributed by atoms with Gasteiger partial charge in [-0.25, -0.2) is 0 Å². The molecule has 7 nitrogen and oxygen atoms in total. The average Bonchev–Trinajstić information content (AvgIpc) is 2.65. The molecule has 2 aliphatic rings. The van der Waals surface area contributed by atoms with Crippen molar-refractivity contribution in [1.82, 2.24) is 14.5 Å². The monoisotopic (exact) mass is 354 g/mol. The van der Waals surface area contributed by atoms with Crippen LogP contribution in [0.1, 0.15) is 16.1 Å². The standard InChI is InChI=1S/C19H22N4O3/c1-20-9-11-21-14-22(12-10-20)23-8-7-16(24)18(17(23)19(21)25)26-13-15-5-3-2-4-6-15/h2-8H,9-14H2,1H3. The molecule has 4 rings (SSSR count). The average molecular weight is 354 g/mol. The van der Waals surface area contributed by atoms with E-state index >= 15 is 0 Å². The predicted molar refractivity (Wildman–Crippen MR) is 98.0 cm³/mol. The summed E-state index contributed by atoms with van der Waals surface area (Å²) >= 11 is 0. The largest absolute Gasteiger partial charge is 0.482 e. The summed E-state index contributed by atoms with van der Waals surface area (Å²) in [6, 6.07) is 11.1. The molecular formula is C19H22N4O3. The molecule has 7 heteroatoms. The maximum atomic E-state index is 13.0. The first-order valence-corrected chi connectivity index (χ1v) is 8.79. The number of carbonyl (C=O) groups excluding carboxylic acids is 1. The van der Waals surface area contributed by atoms with Gasteiger partial charge in [0.2, 0.25) is 5.43 Å². The highest BCUT2D eigenvalue weighted by atomic mass is 16.5. The van der Waals surface area contributed by atoms with Gasteiger partial charge >= 0.3 is 0 Å². The number of benzene rings is 1. The Bertz CT molecular complexity index is 865. The Hall–Kier alpha value is -2.80. The SMILES string of the molecule is CN1CCN2CN(CC1)n1ccc(=O)c(OCc3ccccc3)c1C2=O. The van der Waals surface area contributed by atoms with Gasteiger partial charge in [-0.3, -0.25) is 19.3 Å². The lowest BCUT2D eigenvalue weighted by molar-refractivity contribution is 0.0642. The molecule has 136 valence electrons. The molecule has 2 bridgehead atoms. The van der Waals surface area contributed by atoms with Gasteiger partial charge in [0.25, 0.3) is 5.91 Å². The molecule has 1 amide bonds. The van der Waals surface area contributed by atoms with E-state index in [2.05, 4.69) is 17.0 Å². The van der Waals surface area contributed by atoms with Crippen LogP contribution in [0.5, 0.6) is 5.75 Å². The van der Waals surface area contributed by atoms with E-state index in [9.17, 15) is 9.59 Å². The molecule has 0 radical (unpaired) electrons. The van der Waals surface area contributed by atoms with Crippen LogP contribution in [0, 0.1) is 0 Å². The van der Waals surface area contributed by atoms with Crippen LogP contribution in [0.4, 0.5) is 0 Å². The van der Waals surface area contributed by atoms with Crippen molar-refractivity contribution in [3.8, 4) is 5.75 Å². The summed E-state index contributed by atoms with van der Waals surface area (Å²) in [5.74, 6) is -0.0257. The maximum Gasteiger partial charge on any atom is 0.277 e. The van der Waals surface area contributed by atoms with Gasteiger partial charge in [0.1, 0.15) is 13.3 Å². The molecule has 0 unspecified atom stereocenters. The fourth-order valence-electron chi connectivity index (χ4n) is 3.33. The number of ether oxygens (including phenoxy) is 1. The molecule has 2 aliphatic heterocycles. The van der Waals surface area contributed by atoms with Crippen molar-refractivity contribution < 1.29 is 9.53 Å². The summed E-state index contributed by atoms with van der Waals surface area (Å²) in [4.78, 5) is 29.5. The van der Waals surface area contributed by atoms with E-state index in [1.54, 1.807) is 15.8 Å². The number of rotatable bonds is 3. The summed E-state index contributed by atoms with van der Waals surface area (Å²) < 4.78 is 7.61. The molecule has 26 heavy (non-hydrogen) atoms. The highest BCUT2D eigenvalue weighted by Gasteiger charge is 2.33. The Morgan fingerprint density at radius 3 is 2.58 bits per heavy atom. The number of fused-ring (bicyclic) bond motifs is 4. The van der Waals surface area contributed by atoms with Crippen LogP contribution in [0.15, 0.2) is 47.4 Å². The third kappa shape index (κ3) is 3.06. The summed E-state index contributed by atoms with van der Waals surface area (Å²) in [7, 11) is 2.05. The molecule has 0 spiro atoms. The fourth-order valence-corrected chi connectivity index (χ4v) is 3.33. The van der Waals surface area contributed by atoms with Crippen LogP contribution in [0.2, 0.25) is 0 Å². The molecule has 2 aromatic rings. The second-order valence-electron chi connectivity index (χ2n) is 6.72. The molecule has 1 aromatic heterocycles. The lowest BCUT2D eigenvalue weighted by atomic mass is 10.2. The highest BCUT2D eigenvalue weighted by molar-refractivity contribution is 5.96. The third-order valence-electron chi connectivity index (χ3n) is 4.88. The summed E-state index contributed by atoms with van der Waals surface area (Å²) in [6.45, 7) is 3.90. The van der Waals surface area contributed by atoms with Gasteiger partial charge in [0.05, 0.1) is 0 Å². The first-order chi connectivity index (χ1) is 12.6. The minimum Gasteiger partial charge on any atom is -0.482 e. The molecule has 1 aromatic carbocycles. The zero-order valence-corrected chi connectivity index (χ0v) is 14.8. The Morgan fingerprint density at radius 1 is 1.00 bits per heavy atom. The molecule has 3 heterocycles. The molecule has 0 N–H and O–H groups in total. The minimum absolute atomic E-state index is 0.130. The minimum atomic E-state index is -0.267. The van der Waals surface area contributed by atoms with Gasteiger partial charge < -0.3 is 14.5 Å². The quantitative estimate of drug-likeness (QED) is 0.813. The van der Waals surface area contributed by atoms with Crippen molar-refractivity contribution in [2.24, 2.45) is 0 Å². The van der Waals surface area contributed by atoms with E-state index in [4.69, 9.17) is 4.74 Å². The Balaban J connectivity index is 1.71. The number of pyridine rings is 1. The number of amides is 1. The second kappa shape index (κ2) is 6.84. The number of nitrogens with zero attached hydrogens (tertiary/aromatic N) is 4. The van der Waals surface area contributed by atoms with Gasteiger partial charge in [-0.2, -0.15) is 0 Å². The van der Waals surface area contributed by atoms with Gasteiger partial charge in [-0.05, 0) is 12.6 Å². The van der Waals surface area contributed by atoms with E-state index in [1.165, 1.54) is 6.07 Å². The first-order valence-electron chi connectivity index (χ1n) is 8.79. The zero-order valence-electron chi connectivity index (χ0n) is 14.8. The lowest BCUT2D eigenvalue weighted by Crippen LogP contribution is -2.58. The van der Waals surface area contributed by atoms with E-state index in [0.717, 1.165) is 25.2 Å². The van der Waals surface area contributed by atoms with Gasteiger partial charge in [0, 0.05) is 38.4 Å². The Kier molecular flexibility index (Phi) is 4.38. The number of hydrogen-bond donors (Lipinski definition) is 0.